The molecule has 5 nitrogen and oxygen atoms in total. The molecule has 0 saturated heterocycles. The normalized spacial score (nSPS) is 20.0. The van der Waals surface area contributed by atoms with Crippen LogP contribution in [0, 0.1) is 0 Å². The van der Waals surface area contributed by atoms with Crippen LogP contribution in [0.3, 0.4) is 0 Å². The molecular weight excluding hydrogens is 310 g/mol. The number of hydrogen-bond acceptors (Lipinski definition) is 3. The first kappa shape index (κ1) is 13.3. The molecule has 0 aliphatic heterocycles. The van der Waals surface area contributed by atoms with E-state index in [4.69, 9.17) is 11.6 Å². The highest BCUT2D eigenvalue weighted by atomic mass is 35.5. The van der Waals surface area contributed by atoms with Crippen LogP contribution >= 0.6 is 11.6 Å². The maximum absolute atomic E-state index is 6.31. The Morgan fingerprint density at radius 1 is 1.09 bits per heavy atom. The van der Waals surface area contributed by atoms with E-state index in [0.717, 1.165) is 29.1 Å². The number of halogens is 1. The summed E-state index contributed by atoms with van der Waals surface area (Å²) in [7, 11) is 0. The molecule has 0 radical (unpaired) electrons. The molecule has 5 rings (SSSR count). The summed E-state index contributed by atoms with van der Waals surface area (Å²) < 4.78 is 4.00. The molecule has 1 aromatic carbocycles. The Hall–Kier alpha value is -2.14. The number of benzene rings is 1. The molecule has 2 aromatic heterocycles. The van der Waals surface area contributed by atoms with Gasteiger partial charge in [0.25, 0.3) is 0 Å². The summed E-state index contributed by atoms with van der Waals surface area (Å²) in [5.74, 6) is 0. The van der Waals surface area contributed by atoms with Crippen molar-refractivity contribution >= 4 is 11.6 Å². The lowest BCUT2D eigenvalue weighted by atomic mass is 10.1. The van der Waals surface area contributed by atoms with Gasteiger partial charge in [-0.1, -0.05) is 28.9 Å². The van der Waals surface area contributed by atoms with Crippen molar-refractivity contribution in [1.82, 2.24) is 24.8 Å². The Labute approximate surface area is 138 Å². The van der Waals surface area contributed by atoms with E-state index in [1.54, 1.807) is 0 Å². The van der Waals surface area contributed by atoms with Gasteiger partial charge in [-0.3, -0.25) is 4.68 Å². The fourth-order valence-electron chi connectivity index (χ4n) is 3.43. The minimum atomic E-state index is 0.225. The number of fused-ring (bicyclic) bond motifs is 1. The number of aromatic nitrogens is 5. The highest BCUT2D eigenvalue weighted by Crippen LogP contribution is 2.38. The predicted molar refractivity (Wildman–Crippen MR) is 87.4 cm³/mol. The predicted octanol–water partition coefficient (Wildman–Crippen LogP) is 3.67. The van der Waals surface area contributed by atoms with Gasteiger partial charge >= 0.3 is 0 Å². The van der Waals surface area contributed by atoms with E-state index in [2.05, 4.69) is 27.7 Å². The minimum absolute atomic E-state index is 0.225. The molecule has 1 atom stereocenters. The third kappa shape index (κ3) is 2.18. The van der Waals surface area contributed by atoms with Crippen LogP contribution in [0.4, 0.5) is 0 Å². The molecule has 1 fully saturated rings. The van der Waals surface area contributed by atoms with Gasteiger partial charge in [-0.05, 0) is 42.9 Å². The maximum Gasteiger partial charge on any atom is 0.116 e. The lowest BCUT2D eigenvalue weighted by Crippen LogP contribution is -2.07. The van der Waals surface area contributed by atoms with E-state index in [9.17, 15) is 0 Å². The second-order valence-corrected chi connectivity index (χ2v) is 6.79. The Balaban J connectivity index is 1.47. The summed E-state index contributed by atoms with van der Waals surface area (Å²) in [4.78, 5) is 0. The fraction of sp³-hybridized carbons (Fsp3) is 0.353. The molecule has 6 heteroatoms. The largest absolute Gasteiger partial charge is 0.269 e. The number of hydrogen-bond donors (Lipinski definition) is 0. The SMILES string of the molecule is Clc1cccc2c1CC[C@H]2n1cc(-c2cnn(C3CC3)c2)nn1. The zero-order valence-corrected chi connectivity index (χ0v) is 13.3. The Morgan fingerprint density at radius 2 is 2.00 bits per heavy atom. The molecule has 2 aliphatic carbocycles. The van der Waals surface area contributed by atoms with E-state index < -0.39 is 0 Å². The summed E-state index contributed by atoms with van der Waals surface area (Å²) in [6, 6.07) is 6.93. The van der Waals surface area contributed by atoms with Crippen LogP contribution in [-0.4, -0.2) is 24.8 Å². The van der Waals surface area contributed by atoms with Crippen LogP contribution in [0.25, 0.3) is 11.3 Å². The molecule has 116 valence electrons. The van der Waals surface area contributed by atoms with Crippen molar-refractivity contribution in [2.75, 3.05) is 0 Å². The van der Waals surface area contributed by atoms with Gasteiger partial charge in [-0.2, -0.15) is 5.10 Å². The van der Waals surface area contributed by atoms with Crippen molar-refractivity contribution in [3.8, 4) is 11.3 Å². The molecule has 23 heavy (non-hydrogen) atoms. The van der Waals surface area contributed by atoms with E-state index in [1.165, 1.54) is 24.0 Å². The first-order valence-electron chi connectivity index (χ1n) is 8.03. The summed E-state index contributed by atoms with van der Waals surface area (Å²) in [6.07, 6.45) is 10.4. The fourth-order valence-corrected chi connectivity index (χ4v) is 3.71. The van der Waals surface area contributed by atoms with Crippen molar-refractivity contribution in [3.05, 3.63) is 52.9 Å². The molecule has 0 bridgehead atoms. The van der Waals surface area contributed by atoms with E-state index in [0.29, 0.717) is 6.04 Å². The monoisotopic (exact) mass is 325 g/mol. The third-order valence-corrected chi connectivity index (χ3v) is 5.18. The van der Waals surface area contributed by atoms with Gasteiger partial charge in [0.1, 0.15) is 5.69 Å². The minimum Gasteiger partial charge on any atom is -0.269 e. The van der Waals surface area contributed by atoms with Gasteiger partial charge in [-0.25, -0.2) is 4.68 Å². The van der Waals surface area contributed by atoms with Crippen molar-refractivity contribution < 1.29 is 0 Å². The zero-order valence-electron chi connectivity index (χ0n) is 12.6. The Morgan fingerprint density at radius 3 is 2.87 bits per heavy atom. The topological polar surface area (TPSA) is 48.5 Å². The van der Waals surface area contributed by atoms with Crippen molar-refractivity contribution in [1.29, 1.82) is 0 Å². The van der Waals surface area contributed by atoms with Crippen LogP contribution in [0.1, 0.15) is 42.5 Å². The summed E-state index contributed by atoms with van der Waals surface area (Å²) in [5, 5.41) is 14.0. The summed E-state index contributed by atoms with van der Waals surface area (Å²) in [6.45, 7) is 0. The lowest BCUT2D eigenvalue weighted by molar-refractivity contribution is 0.504. The number of nitrogens with zero attached hydrogens (tertiary/aromatic N) is 5. The molecule has 0 N–H and O–H groups in total. The second-order valence-electron chi connectivity index (χ2n) is 6.39. The molecular formula is C17H16ClN5. The molecule has 2 heterocycles. The maximum atomic E-state index is 6.31. The highest BCUT2D eigenvalue weighted by molar-refractivity contribution is 6.31. The molecule has 0 spiro atoms. The lowest BCUT2D eigenvalue weighted by Gasteiger charge is -2.11. The standard InChI is InChI=1S/C17H16ClN5/c18-15-3-1-2-14-13(15)6-7-17(14)23-10-16(20-21-23)11-8-19-22(9-11)12-4-5-12/h1-3,8-10,12,17H,4-7H2/t17-/m1/s1. The van der Waals surface area contributed by atoms with Crippen LogP contribution in [0.15, 0.2) is 36.8 Å². The third-order valence-electron chi connectivity index (χ3n) is 4.83. The molecule has 2 aliphatic rings. The number of rotatable bonds is 3. The van der Waals surface area contributed by atoms with Gasteiger partial charge in [0.2, 0.25) is 0 Å². The first-order valence-corrected chi connectivity index (χ1v) is 8.41. The average Bonchev–Trinajstić information content (AvgIpc) is 3.00. The van der Waals surface area contributed by atoms with E-state index in [-0.39, 0.29) is 6.04 Å². The zero-order chi connectivity index (χ0) is 15.4. The van der Waals surface area contributed by atoms with Crippen molar-refractivity contribution in [2.45, 2.75) is 37.8 Å². The van der Waals surface area contributed by atoms with Crippen molar-refractivity contribution in [3.63, 3.8) is 0 Å². The molecule has 0 unspecified atom stereocenters. The Kier molecular flexibility index (Phi) is 2.85. The van der Waals surface area contributed by atoms with Gasteiger partial charge in [0.15, 0.2) is 0 Å². The van der Waals surface area contributed by atoms with E-state index in [1.807, 2.05) is 33.9 Å². The first-order chi connectivity index (χ1) is 11.3. The van der Waals surface area contributed by atoms with Gasteiger partial charge < -0.3 is 0 Å². The highest BCUT2D eigenvalue weighted by Gasteiger charge is 2.27. The quantitative estimate of drug-likeness (QED) is 0.738. The smallest absolute Gasteiger partial charge is 0.116 e. The second kappa shape index (κ2) is 4.93. The molecule has 1 saturated carbocycles. The summed E-state index contributed by atoms with van der Waals surface area (Å²) in [5.41, 5.74) is 4.43. The molecule has 3 aromatic rings. The van der Waals surface area contributed by atoms with Gasteiger partial charge in [-0.15, -0.1) is 5.10 Å². The van der Waals surface area contributed by atoms with Crippen molar-refractivity contribution in [2.24, 2.45) is 0 Å². The van der Waals surface area contributed by atoms with Crippen LogP contribution in [0.2, 0.25) is 5.02 Å². The Bertz CT molecular complexity index is 877. The van der Waals surface area contributed by atoms with E-state index >= 15 is 0 Å². The van der Waals surface area contributed by atoms with Crippen LogP contribution in [-0.2, 0) is 6.42 Å². The van der Waals surface area contributed by atoms with Gasteiger partial charge in [0.05, 0.1) is 24.5 Å². The summed E-state index contributed by atoms with van der Waals surface area (Å²) >= 11 is 6.31. The average molecular weight is 326 g/mol. The van der Waals surface area contributed by atoms with Crippen LogP contribution < -0.4 is 0 Å². The van der Waals surface area contributed by atoms with Gasteiger partial charge in [0, 0.05) is 16.8 Å². The molecule has 0 amide bonds. The van der Waals surface area contributed by atoms with Crippen LogP contribution in [0.5, 0.6) is 0 Å².